The predicted molar refractivity (Wildman–Crippen MR) is 61.9 cm³/mol. The van der Waals surface area contributed by atoms with Crippen LogP contribution >= 0.6 is 11.6 Å². The molecule has 0 aliphatic heterocycles. The van der Waals surface area contributed by atoms with Crippen molar-refractivity contribution in [1.29, 1.82) is 0 Å². The highest BCUT2D eigenvalue weighted by molar-refractivity contribution is 6.30. The summed E-state index contributed by atoms with van der Waals surface area (Å²) in [7, 11) is 0. The topological polar surface area (TPSA) is 29.1 Å². The Hall–Kier alpha value is -0.240. The summed E-state index contributed by atoms with van der Waals surface area (Å²) in [5.74, 6) is 2.47. The molecule has 0 aromatic heterocycles. The van der Waals surface area contributed by atoms with Crippen LogP contribution in [0.15, 0.2) is 0 Å². The fourth-order valence-corrected chi connectivity index (χ4v) is 3.42. The monoisotopic (exact) mass is 229 g/mol. The first kappa shape index (κ1) is 11.3. The van der Waals surface area contributed by atoms with Gasteiger partial charge in [-0.1, -0.05) is 6.42 Å². The molecular formula is C12H20ClNO. The third-order valence-corrected chi connectivity index (χ3v) is 4.36. The van der Waals surface area contributed by atoms with E-state index in [9.17, 15) is 4.79 Å². The van der Waals surface area contributed by atoms with Gasteiger partial charge in [0.25, 0.3) is 0 Å². The maximum Gasteiger partial charge on any atom is 0.237 e. The molecule has 2 nitrogen and oxygen atoms in total. The Balaban J connectivity index is 1.86. The molecule has 0 saturated heterocycles. The summed E-state index contributed by atoms with van der Waals surface area (Å²) >= 11 is 5.75. The van der Waals surface area contributed by atoms with Gasteiger partial charge in [-0.3, -0.25) is 4.79 Å². The second-order valence-electron chi connectivity index (χ2n) is 5.25. The van der Waals surface area contributed by atoms with Crippen LogP contribution in [0.5, 0.6) is 0 Å². The van der Waals surface area contributed by atoms with Crippen LogP contribution in [0.3, 0.4) is 0 Å². The van der Waals surface area contributed by atoms with E-state index in [2.05, 4.69) is 12.2 Å². The number of amides is 1. The first-order valence-electron chi connectivity index (χ1n) is 6.02. The zero-order chi connectivity index (χ0) is 11.0. The number of halogens is 1. The predicted octanol–water partition coefficient (Wildman–Crippen LogP) is 2.55. The Kier molecular flexibility index (Phi) is 3.24. The van der Waals surface area contributed by atoms with Crippen molar-refractivity contribution in [2.24, 2.45) is 17.8 Å². The van der Waals surface area contributed by atoms with E-state index in [0.717, 1.165) is 11.8 Å². The van der Waals surface area contributed by atoms with E-state index in [-0.39, 0.29) is 5.91 Å². The number of rotatable bonds is 3. The fourth-order valence-electron chi connectivity index (χ4n) is 3.35. The number of hydrogen-bond acceptors (Lipinski definition) is 1. The molecule has 15 heavy (non-hydrogen) atoms. The maximum absolute atomic E-state index is 11.5. The second kappa shape index (κ2) is 4.32. The van der Waals surface area contributed by atoms with Gasteiger partial charge in [0.2, 0.25) is 5.91 Å². The second-order valence-corrected chi connectivity index (χ2v) is 5.91. The molecule has 1 N–H and O–H groups in total. The van der Waals surface area contributed by atoms with Crippen molar-refractivity contribution in [3.05, 3.63) is 0 Å². The molecule has 3 heteroatoms. The zero-order valence-electron chi connectivity index (χ0n) is 9.50. The molecule has 86 valence electrons. The van der Waals surface area contributed by atoms with Gasteiger partial charge in [-0.15, -0.1) is 11.6 Å². The molecule has 2 aliphatic rings. The molecule has 0 unspecified atom stereocenters. The highest BCUT2D eigenvalue weighted by atomic mass is 35.5. The third-order valence-electron chi connectivity index (χ3n) is 4.17. The smallest absolute Gasteiger partial charge is 0.237 e. The van der Waals surface area contributed by atoms with Crippen LogP contribution in [-0.4, -0.2) is 17.3 Å². The largest absolute Gasteiger partial charge is 0.352 e. The number of fused-ring (bicyclic) bond motifs is 2. The van der Waals surface area contributed by atoms with Crippen LogP contribution < -0.4 is 5.32 Å². The lowest BCUT2D eigenvalue weighted by molar-refractivity contribution is -0.121. The van der Waals surface area contributed by atoms with Gasteiger partial charge in [0.05, 0.1) is 0 Å². The minimum atomic E-state index is -0.411. The first-order chi connectivity index (χ1) is 7.08. The molecule has 1 amide bonds. The van der Waals surface area contributed by atoms with E-state index in [0.29, 0.717) is 12.0 Å². The number of alkyl halides is 1. The van der Waals surface area contributed by atoms with Crippen molar-refractivity contribution in [1.82, 2.24) is 5.32 Å². The Labute approximate surface area is 96.8 Å². The Morgan fingerprint density at radius 2 is 2.07 bits per heavy atom. The van der Waals surface area contributed by atoms with E-state index in [1.54, 1.807) is 6.92 Å². The van der Waals surface area contributed by atoms with E-state index >= 15 is 0 Å². The normalized spacial score (nSPS) is 37.7. The number of nitrogens with one attached hydrogen (secondary N) is 1. The van der Waals surface area contributed by atoms with Crippen LogP contribution in [0, 0.1) is 17.8 Å². The highest BCUT2D eigenvalue weighted by Gasteiger charge is 2.42. The Morgan fingerprint density at radius 1 is 1.33 bits per heavy atom. The van der Waals surface area contributed by atoms with Crippen LogP contribution in [-0.2, 0) is 4.79 Å². The third kappa shape index (κ3) is 2.30. The SMILES string of the molecule is C[C@H](Cl)C(=O)N[C@H](C)[C@@H]1C[C@H]2CC[C@H]1C2. The standard InChI is InChI=1S/C12H20ClNO/c1-7(13)12(15)14-8(2)11-6-9-3-4-10(11)5-9/h7-11H,3-6H2,1-2H3,(H,14,15)/t7-,8+,9-,10-,11-/m0/s1. The lowest BCUT2D eigenvalue weighted by Gasteiger charge is -2.28. The Morgan fingerprint density at radius 3 is 2.53 bits per heavy atom. The molecule has 0 heterocycles. The molecule has 0 aromatic rings. The highest BCUT2D eigenvalue weighted by Crippen LogP contribution is 2.49. The minimum Gasteiger partial charge on any atom is -0.352 e. The van der Waals surface area contributed by atoms with Gasteiger partial charge in [0, 0.05) is 6.04 Å². The van der Waals surface area contributed by atoms with Gasteiger partial charge >= 0.3 is 0 Å². The van der Waals surface area contributed by atoms with Crippen molar-refractivity contribution in [3.63, 3.8) is 0 Å². The van der Waals surface area contributed by atoms with E-state index < -0.39 is 5.38 Å². The summed E-state index contributed by atoms with van der Waals surface area (Å²) in [4.78, 5) is 11.5. The molecule has 0 radical (unpaired) electrons. The maximum atomic E-state index is 11.5. The first-order valence-corrected chi connectivity index (χ1v) is 6.46. The Bertz CT molecular complexity index is 254. The fraction of sp³-hybridized carbons (Fsp3) is 0.917. The van der Waals surface area contributed by atoms with Gasteiger partial charge in [-0.2, -0.15) is 0 Å². The van der Waals surface area contributed by atoms with Gasteiger partial charge in [0.1, 0.15) is 5.38 Å². The van der Waals surface area contributed by atoms with Crippen LogP contribution in [0.25, 0.3) is 0 Å². The van der Waals surface area contributed by atoms with Crippen molar-refractivity contribution >= 4 is 17.5 Å². The molecule has 0 aromatic carbocycles. The van der Waals surface area contributed by atoms with Gasteiger partial charge in [-0.05, 0) is 50.9 Å². The molecule has 0 spiro atoms. The average molecular weight is 230 g/mol. The summed E-state index contributed by atoms with van der Waals surface area (Å²) in [5, 5.41) is 2.62. The zero-order valence-corrected chi connectivity index (χ0v) is 10.3. The summed E-state index contributed by atoms with van der Waals surface area (Å²) < 4.78 is 0. The van der Waals surface area contributed by atoms with E-state index in [4.69, 9.17) is 11.6 Å². The molecular weight excluding hydrogens is 210 g/mol. The lowest BCUT2D eigenvalue weighted by Crippen LogP contribution is -2.42. The van der Waals surface area contributed by atoms with Gasteiger partial charge in [-0.25, -0.2) is 0 Å². The average Bonchev–Trinajstić information content (AvgIpc) is 2.78. The van der Waals surface area contributed by atoms with Crippen molar-refractivity contribution < 1.29 is 4.79 Å². The summed E-state index contributed by atoms with van der Waals surface area (Å²) in [6, 6.07) is 0.300. The molecule has 2 saturated carbocycles. The van der Waals surface area contributed by atoms with Crippen LogP contribution in [0.4, 0.5) is 0 Å². The molecule has 2 aliphatic carbocycles. The molecule has 2 bridgehead atoms. The molecule has 5 atom stereocenters. The van der Waals surface area contributed by atoms with Gasteiger partial charge in [0.15, 0.2) is 0 Å². The van der Waals surface area contributed by atoms with Gasteiger partial charge < -0.3 is 5.32 Å². The minimum absolute atomic E-state index is 0.0214. The number of carbonyl (C=O) groups is 1. The van der Waals surface area contributed by atoms with E-state index in [1.165, 1.54) is 25.7 Å². The lowest BCUT2D eigenvalue weighted by atomic mass is 9.84. The molecule has 2 rings (SSSR count). The summed E-state index contributed by atoms with van der Waals surface area (Å²) in [6.45, 7) is 3.85. The summed E-state index contributed by atoms with van der Waals surface area (Å²) in [5.41, 5.74) is 0. The quantitative estimate of drug-likeness (QED) is 0.741. The molecule has 2 fully saturated rings. The number of hydrogen-bond donors (Lipinski definition) is 1. The number of carbonyl (C=O) groups excluding carboxylic acids is 1. The van der Waals surface area contributed by atoms with Crippen LogP contribution in [0.2, 0.25) is 0 Å². The summed E-state index contributed by atoms with van der Waals surface area (Å²) in [6.07, 6.45) is 5.48. The van der Waals surface area contributed by atoms with Crippen molar-refractivity contribution in [2.45, 2.75) is 50.9 Å². The van der Waals surface area contributed by atoms with Crippen LogP contribution in [0.1, 0.15) is 39.5 Å². The van der Waals surface area contributed by atoms with Crippen molar-refractivity contribution in [3.8, 4) is 0 Å². The van der Waals surface area contributed by atoms with E-state index in [1.807, 2.05) is 0 Å². The van der Waals surface area contributed by atoms with Crippen molar-refractivity contribution in [2.75, 3.05) is 0 Å².